The predicted molar refractivity (Wildman–Crippen MR) is 78.1 cm³/mol. The molecule has 3 rings (SSSR count). The standard InChI is InChI=1S/C16H16FN3O/c17-13-9-11(5-6-14(13)18)16(21)20-8-2-4-15(20)12-3-1-7-19-10-12/h1,3,5-7,9-10,15H,2,4,8,18H2. The molecule has 1 unspecified atom stereocenters. The maximum absolute atomic E-state index is 13.5. The van der Waals surface area contributed by atoms with E-state index in [1.54, 1.807) is 23.4 Å². The fourth-order valence-corrected chi connectivity index (χ4v) is 2.76. The fraction of sp³-hybridized carbons (Fsp3) is 0.250. The lowest BCUT2D eigenvalue weighted by Gasteiger charge is -2.25. The Hall–Kier alpha value is -2.43. The van der Waals surface area contributed by atoms with Gasteiger partial charge >= 0.3 is 0 Å². The third-order valence-electron chi connectivity index (χ3n) is 3.83. The molecule has 21 heavy (non-hydrogen) atoms. The first kappa shape index (κ1) is 13.5. The van der Waals surface area contributed by atoms with Gasteiger partial charge < -0.3 is 10.6 Å². The molecule has 4 nitrogen and oxygen atoms in total. The van der Waals surface area contributed by atoms with Gasteiger partial charge in [0.15, 0.2) is 0 Å². The third-order valence-corrected chi connectivity index (χ3v) is 3.83. The van der Waals surface area contributed by atoms with Gasteiger partial charge in [-0.05, 0) is 42.7 Å². The van der Waals surface area contributed by atoms with Crippen molar-refractivity contribution in [1.82, 2.24) is 9.88 Å². The predicted octanol–water partition coefficient (Wildman–Crippen LogP) is 2.78. The van der Waals surface area contributed by atoms with Crippen LogP contribution >= 0.6 is 0 Å². The van der Waals surface area contributed by atoms with Gasteiger partial charge in [0.05, 0.1) is 11.7 Å². The van der Waals surface area contributed by atoms with Gasteiger partial charge in [-0.25, -0.2) is 4.39 Å². The number of hydrogen-bond donors (Lipinski definition) is 1. The van der Waals surface area contributed by atoms with Gasteiger partial charge in [-0.15, -0.1) is 0 Å². The van der Waals surface area contributed by atoms with E-state index in [0.717, 1.165) is 18.4 Å². The molecule has 2 heterocycles. The van der Waals surface area contributed by atoms with Crippen LogP contribution in [0.4, 0.5) is 10.1 Å². The molecule has 1 saturated heterocycles. The van der Waals surface area contributed by atoms with E-state index in [0.29, 0.717) is 12.1 Å². The van der Waals surface area contributed by atoms with Crippen LogP contribution in [-0.2, 0) is 0 Å². The summed E-state index contributed by atoms with van der Waals surface area (Å²) in [4.78, 5) is 18.5. The molecule has 0 spiro atoms. The van der Waals surface area contributed by atoms with E-state index < -0.39 is 5.82 Å². The molecule has 5 heteroatoms. The first-order valence-corrected chi connectivity index (χ1v) is 6.93. The molecule has 1 aliphatic heterocycles. The van der Waals surface area contributed by atoms with Crippen molar-refractivity contribution in [2.75, 3.05) is 12.3 Å². The average molecular weight is 285 g/mol. The molecule has 1 aliphatic rings. The zero-order chi connectivity index (χ0) is 14.8. The SMILES string of the molecule is Nc1ccc(C(=O)N2CCCC2c2cccnc2)cc1F. The molecule has 1 atom stereocenters. The Morgan fingerprint density at radius 2 is 2.24 bits per heavy atom. The van der Waals surface area contributed by atoms with Crippen LogP contribution in [-0.4, -0.2) is 22.3 Å². The monoisotopic (exact) mass is 285 g/mol. The summed E-state index contributed by atoms with van der Waals surface area (Å²) < 4.78 is 13.5. The number of nitrogen functional groups attached to an aromatic ring is 1. The van der Waals surface area contributed by atoms with Crippen molar-refractivity contribution >= 4 is 11.6 Å². The van der Waals surface area contributed by atoms with E-state index in [1.165, 1.54) is 12.1 Å². The Balaban J connectivity index is 1.88. The molecule has 2 N–H and O–H groups in total. The zero-order valence-electron chi connectivity index (χ0n) is 11.5. The van der Waals surface area contributed by atoms with Gasteiger partial charge in [-0.1, -0.05) is 6.07 Å². The molecule has 0 bridgehead atoms. The van der Waals surface area contributed by atoms with E-state index >= 15 is 0 Å². The zero-order valence-corrected chi connectivity index (χ0v) is 11.5. The first-order chi connectivity index (χ1) is 10.2. The molecule has 1 amide bonds. The smallest absolute Gasteiger partial charge is 0.254 e. The highest BCUT2D eigenvalue weighted by Crippen LogP contribution is 2.32. The molecule has 108 valence electrons. The van der Waals surface area contributed by atoms with Crippen LogP contribution in [0.2, 0.25) is 0 Å². The number of halogens is 1. The lowest BCUT2D eigenvalue weighted by atomic mass is 10.1. The number of carbonyl (C=O) groups excluding carboxylic acids is 1. The topological polar surface area (TPSA) is 59.2 Å². The summed E-state index contributed by atoms with van der Waals surface area (Å²) in [5, 5.41) is 0. The van der Waals surface area contributed by atoms with E-state index in [2.05, 4.69) is 4.98 Å². The second-order valence-corrected chi connectivity index (χ2v) is 5.18. The van der Waals surface area contributed by atoms with Gasteiger partial charge in [0.25, 0.3) is 5.91 Å². The Morgan fingerprint density at radius 1 is 1.38 bits per heavy atom. The number of nitrogens with zero attached hydrogens (tertiary/aromatic N) is 2. The van der Waals surface area contributed by atoms with Crippen LogP contribution in [0.1, 0.15) is 34.8 Å². The van der Waals surface area contributed by atoms with Crippen LogP contribution in [0.25, 0.3) is 0 Å². The molecule has 0 aliphatic carbocycles. The molecular formula is C16H16FN3O. The number of anilines is 1. The number of aromatic nitrogens is 1. The summed E-state index contributed by atoms with van der Waals surface area (Å²) in [5.41, 5.74) is 6.85. The van der Waals surface area contributed by atoms with E-state index in [9.17, 15) is 9.18 Å². The van der Waals surface area contributed by atoms with E-state index in [-0.39, 0.29) is 17.6 Å². The Morgan fingerprint density at radius 3 is 2.95 bits per heavy atom. The largest absolute Gasteiger partial charge is 0.396 e. The highest BCUT2D eigenvalue weighted by Gasteiger charge is 2.30. The molecule has 0 saturated carbocycles. The van der Waals surface area contributed by atoms with Gasteiger partial charge in [0.1, 0.15) is 5.82 Å². The summed E-state index contributed by atoms with van der Waals surface area (Å²) in [5.74, 6) is -0.724. The minimum absolute atomic E-state index is 0.00631. The van der Waals surface area contributed by atoms with Gasteiger partial charge in [-0.2, -0.15) is 0 Å². The molecule has 1 aromatic heterocycles. The molecule has 0 radical (unpaired) electrons. The molecule has 2 aromatic rings. The molecule has 1 fully saturated rings. The maximum atomic E-state index is 13.5. The van der Waals surface area contributed by atoms with Crippen LogP contribution < -0.4 is 5.73 Å². The number of likely N-dealkylation sites (tertiary alicyclic amines) is 1. The number of nitrogens with two attached hydrogens (primary N) is 1. The van der Waals surface area contributed by atoms with Crippen molar-refractivity contribution in [2.45, 2.75) is 18.9 Å². The van der Waals surface area contributed by atoms with Gasteiger partial charge in [0, 0.05) is 24.5 Å². The number of benzene rings is 1. The summed E-state index contributed by atoms with van der Waals surface area (Å²) in [7, 11) is 0. The van der Waals surface area contributed by atoms with Crippen LogP contribution in [0.15, 0.2) is 42.7 Å². The number of pyridine rings is 1. The van der Waals surface area contributed by atoms with Crippen LogP contribution in [0.5, 0.6) is 0 Å². The molecular weight excluding hydrogens is 269 g/mol. The van der Waals surface area contributed by atoms with Crippen molar-refractivity contribution in [3.8, 4) is 0 Å². The number of hydrogen-bond acceptors (Lipinski definition) is 3. The van der Waals surface area contributed by atoms with Gasteiger partial charge in [0.2, 0.25) is 0 Å². The van der Waals surface area contributed by atoms with E-state index in [4.69, 9.17) is 5.73 Å². The summed E-state index contributed by atoms with van der Waals surface area (Å²) in [6, 6.07) is 8.03. The second-order valence-electron chi connectivity index (χ2n) is 5.18. The summed E-state index contributed by atoms with van der Waals surface area (Å²) in [6.07, 6.45) is 5.32. The summed E-state index contributed by atoms with van der Waals surface area (Å²) in [6.45, 7) is 0.671. The number of carbonyl (C=O) groups is 1. The first-order valence-electron chi connectivity index (χ1n) is 6.93. The lowest BCUT2D eigenvalue weighted by Crippen LogP contribution is -2.30. The van der Waals surface area contributed by atoms with Crippen molar-refractivity contribution in [3.05, 3.63) is 59.7 Å². The van der Waals surface area contributed by atoms with Crippen molar-refractivity contribution in [1.29, 1.82) is 0 Å². The lowest BCUT2D eigenvalue weighted by molar-refractivity contribution is 0.0735. The van der Waals surface area contributed by atoms with Crippen molar-refractivity contribution in [3.63, 3.8) is 0 Å². The van der Waals surface area contributed by atoms with Crippen LogP contribution in [0.3, 0.4) is 0 Å². The average Bonchev–Trinajstić information content (AvgIpc) is 2.99. The highest BCUT2D eigenvalue weighted by atomic mass is 19.1. The summed E-state index contributed by atoms with van der Waals surface area (Å²) >= 11 is 0. The Kier molecular flexibility index (Phi) is 3.56. The minimum Gasteiger partial charge on any atom is -0.396 e. The Labute approximate surface area is 122 Å². The number of rotatable bonds is 2. The Bertz CT molecular complexity index is 660. The fourth-order valence-electron chi connectivity index (χ4n) is 2.76. The minimum atomic E-state index is -0.557. The van der Waals surface area contributed by atoms with Gasteiger partial charge in [-0.3, -0.25) is 9.78 Å². The third kappa shape index (κ3) is 2.59. The number of amides is 1. The normalized spacial score (nSPS) is 18.0. The highest BCUT2D eigenvalue weighted by molar-refractivity contribution is 5.95. The van der Waals surface area contributed by atoms with E-state index in [1.807, 2.05) is 12.1 Å². The van der Waals surface area contributed by atoms with Crippen LogP contribution in [0, 0.1) is 5.82 Å². The second kappa shape index (κ2) is 5.52. The maximum Gasteiger partial charge on any atom is 0.254 e. The van der Waals surface area contributed by atoms with Crippen molar-refractivity contribution in [2.24, 2.45) is 0 Å². The van der Waals surface area contributed by atoms with Crippen molar-refractivity contribution < 1.29 is 9.18 Å². The molecule has 1 aromatic carbocycles. The quantitative estimate of drug-likeness (QED) is 0.863.